The molecule has 0 saturated carbocycles. The molecule has 0 spiro atoms. The van der Waals surface area contributed by atoms with Crippen LogP contribution in [0.25, 0.3) is 0 Å². The van der Waals surface area contributed by atoms with E-state index in [1.165, 1.54) is 21.8 Å². The smallest absolute Gasteiger partial charge is 0.399 e. The third-order valence-corrected chi connectivity index (χ3v) is 11.3. The van der Waals surface area contributed by atoms with Gasteiger partial charge in [0, 0.05) is 18.0 Å². The number of carbonyl (C=O) groups excluding carboxylic acids is 1. The van der Waals surface area contributed by atoms with E-state index >= 15 is 0 Å². The van der Waals surface area contributed by atoms with E-state index in [9.17, 15) is 13.2 Å². The first kappa shape index (κ1) is 30.9. The van der Waals surface area contributed by atoms with Crippen molar-refractivity contribution in [3.05, 3.63) is 70.2 Å². The first-order chi connectivity index (χ1) is 19.7. The molecule has 2 aromatic carbocycles. The van der Waals surface area contributed by atoms with Crippen LogP contribution < -0.4 is 10.8 Å². The fourth-order valence-corrected chi connectivity index (χ4v) is 7.36. The zero-order valence-corrected chi connectivity index (χ0v) is 27.1. The lowest BCUT2D eigenvalue weighted by Gasteiger charge is -2.32. The van der Waals surface area contributed by atoms with Crippen LogP contribution in [-0.4, -0.2) is 48.3 Å². The van der Waals surface area contributed by atoms with E-state index in [2.05, 4.69) is 76.0 Å². The number of anilines is 1. The number of aromatic nitrogens is 1. The van der Waals surface area contributed by atoms with Crippen LogP contribution in [0.15, 0.2) is 53.4 Å². The molecular weight excluding hydrogens is 569 g/mol. The van der Waals surface area contributed by atoms with Crippen molar-refractivity contribution in [1.29, 1.82) is 0 Å². The molecule has 224 valence electrons. The molecule has 1 aromatic heterocycles. The lowest BCUT2D eigenvalue weighted by atomic mass is 9.79. The highest BCUT2D eigenvalue weighted by Gasteiger charge is 2.51. The van der Waals surface area contributed by atoms with Crippen molar-refractivity contribution in [1.82, 2.24) is 9.88 Å². The quantitative estimate of drug-likeness (QED) is 0.336. The molecule has 2 aliphatic heterocycles. The van der Waals surface area contributed by atoms with Gasteiger partial charge >= 0.3 is 7.12 Å². The van der Waals surface area contributed by atoms with Gasteiger partial charge in [-0.1, -0.05) is 57.2 Å². The Hall–Kier alpha value is -2.57. The van der Waals surface area contributed by atoms with Gasteiger partial charge in [0.1, 0.15) is 0 Å². The minimum Gasteiger partial charge on any atom is -0.399 e. The van der Waals surface area contributed by atoms with Gasteiger partial charge in [-0.25, -0.2) is 13.4 Å². The summed E-state index contributed by atoms with van der Waals surface area (Å²) in [6.07, 6.45) is 0.151. The van der Waals surface area contributed by atoms with Crippen molar-refractivity contribution >= 4 is 44.8 Å². The van der Waals surface area contributed by atoms with Crippen LogP contribution in [0.3, 0.4) is 0 Å². The van der Waals surface area contributed by atoms with E-state index in [1.54, 1.807) is 31.2 Å². The van der Waals surface area contributed by atoms with Crippen molar-refractivity contribution in [2.45, 2.75) is 90.1 Å². The molecule has 1 amide bonds. The predicted molar refractivity (Wildman–Crippen MR) is 168 cm³/mol. The average Bonchev–Trinajstić information content (AvgIpc) is 3.51. The molecule has 0 aliphatic carbocycles. The highest BCUT2D eigenvalue weighted by Crippen LogP contribution is 2.43. The topological polar surface area (TPSA) is 97.8 Å². The van der Waals surface area contributed by atoms with Gasteiger partial charge in [0.05, 0.1) is 40.0 Å². The standard InChI is InChI=1S/C31H40BN3O5S2/c1-8-42(37,38)24-15-11-21(12-16-24)17-26(36)33-29-34-27-25(41-29)19-35(28(27)20(2)3)18-22-9-13-23(14-10-22)32-39-30(4,5)31(6,7)40-32/h9-16,20,28H,8,17-19H2,1-7H3,(H,33,34,36)/t28-/m0/s1. The van der Waals surface area contributed by atoms with Crippen LogP contribution in [0.2, 0.25) is 0 Å². The Morgan fingerprint density at radius 3 is 2.21 bits per heavy atom. The minimum atomic E-state index is -3.26. The number of carbonyl (C=O) groups is 1. The number of benzene rings is 2. The van der Waals surface area contributed by atoms with Gasteiger partial charge in [0.2, 0.25) is 5.91 Å². The van der Waals surface area contributed by atoms with Gasteiger partial charge < -0.3 is 14.6 Å². The number of sulfone groups is 1. The molecule has 1 atom stereocenters. The van der Waals surface area contributed by atoms with Gasteiger partial charge in [-0.2, -0.15) is 0 Å². The molecule has 2 aliphatic rings. The maximum atomic E-state index is 12.8. The molecule has 1 fully saturated rings. The summed E-state index contributed by atoms with van der Waals surface area (Å²) in [5, 5.41) is 3.56. The third-order valence-electron chi connectivity index (χ3n) is 8.54. The predicted octanol–water partition coefficient (Wildman–Crippen LogP) is 5.13. The maximum Gasteiger partial charge on any atom is 0.494 e. The van der Waals surface area contributed by atoms with E-state index in [-0.39, 0.29) is 47.3 Å². The maximum absolute atomic E-state index is 12.8. The number of hydrogen-bond donors (Lipinski definition) is 1. The lowest BCUT2D eigenvalue weighted by molar-refractivity contribution is -0.115. The van der Waals surface area contributed by atoms with Crippen molar-refractivity contribution in [3.8, 4) is 0 Å². The average molecular weight is 610 g/mol. The zero-order chi connectivity index (χ0) is 30.4. The molecule has 11 heteroatoms. The molecule has 8 nitrogen and oxygen atoms in total. The second-order valence-corrected chi connectivity index (χ2v) is 15.9. The minimum absolute atomic E-state index is 0.0468. The van der Waals surface area contributed by atoms with Crippen molar-refractivity contribution in [2.75, 3.05) is 11.1 Å². The van der Waals surface area contributed by atoms with Crippen LogP contribution in [-0.2, 0) is 43.5 Å². The Balaban J connectivity index is 1.21. The first-order valence-corrected chi connectivity index (χ1v) is 17.0. The Labute approximate surface area is 253 Å². The monoisotopic (exact) mass is 609 g/mol. The van der Waals surface area contributed by atoms with E-state index in [0.29, 0.717) is 11.0 Å². The highest BCUT2D eigenvalue weighted by atomic mass is 32.2. The number of nitrogens with zero attached hydrogens (tertiary/aromatic N) is 2. The number of hydrogen-bond acceptors (Lipinski definition) is 8. The van der Waals surface area contributed by atoms with Gasteiger partial charge in [-0.05, 0) is 62.3 Å². The fourth-order valence-electron chi connectivity index (χ4n) is 5.43. The van der Waals surface area contributed by atoms with E-state index in [0.717, 1.165) is 29.8 Å². The summed E-state index contributed by atoms with van der Waals surface area (Å²) < 4.78 is 36.5. The highest BCUT2D eigenvalue weighted by molar-refractivity contribution is 7.91. The summed E-state index contributed by atoms with van der Waals surface area (Å²) in [5.41, 5.74) is 3.27. The Morgan fingerprint density at radius 1 is 1.05 bits per heavy atom. The van der Waals surface area contributed by atoms with Crippen LogP contribution in [0.1, 0.15) is 76.2 Å². The van der Waals surface area contributed by atoms with E-state index in [4.69, 9.17) is 14.3 Å². The lowest BCUT2D eigenvalue weighted by Crippen LogP contribution is -2.41. The SMILES string of the molecule is CCS(=O)(=O)c1ccc(CC(=O)Nc2nc3c(s2)CN(Cc2ccc(B4OC(C)(C)C(C)(C)O4)cc2)[C@H]3C(C)C)cc1. The number of nitrogens with one attached hydrogen (secondary N) is 1. The summed E-state index contributed by atoms with van der Waals surface area (Å²) in [4.78, 5) is 21.5. The fraction of sp³-hybridized carbons (Fsp3) is 0.484. The van der Waals surface area contributed by atoms with E-state index < -0.39 is 9.84 Å². The van der Waals surface area contributed by atoms with Gasteiger partial charge in [0.25, 0.3) is 0 Å². The summed E-state index contributed by atoms with van der Waals surface area (Å²) in [7, 11) is -3.64. The number of amides is 1. The van der Waals surface area contributed by atoms with Gasteiger partial charge in [-0.15, -0.1) is 11.3 Å². The molecule has 3 heterocycles. The summed E-state index contributed by atoms with van der Waals surface area (Å²) in [6.45, 7) is 15.8. The molecule has 0 bridgehead atoms. The molecule has 3 aromatic rings. The molecule has 1 saturated heterocycles. The second kappa shape index (κ2) is 11.5. The molecule has 5 rings (SSSR count). The van der Waals surface area contributed by atoms with Crippen LogP contribution in [0.4, 0.5) is 5.13 Å². The summed E-state index contributed by atoms with van der Waals surface area (Å²) >= 11 is 1.53. The normalized spacial score (nSPS) is 19.8. The van der Waals surface area contributed by atoms with Crippen LogP contribution in [0.5, 0.6) is 0 Å². The van der Waals surface area contributed by atoms with Gasteiger partial charge in [0.15, 0.2) is 15.0 Å². The zero-order valence-electron chi connectivity index (χ0n) is 25.4. The summed E-state index contributed by atoms with van der Waals surface area (Å²) in [5.74, 6) is 0.220. The Morgan fingerprint density at radius 2 is 1.64 bits per heavy atom. The molecule has 0 radical (unpaired) electrons. The first-order valence-electron chi connectivity index (χ1n) is 14.5. The number of thiazole rings is 1. The van der Waals surface area contributed by atoms with Crippen LogP contribution >= 0.6 is 11.3 Å². The van der Waals surface area contributed by atoms with Crippen LogP contribution in [0, 0.1) is 5.92 Å². The van der Waals surface area contributed by atoms with Crippen molar-refractivity contribution in [2.24, 2.45) is 5.92 Å². The second-order valence-electron chi connectivity index (χ2n) is 12.5. The summed E-state index contributed by atoms with van der Waals surface area (Å²) in [6, 6.07) is 15.1. The van der Waals surface area contributed by atoms with Crippen molar-refractivity contribution < 1.29 is 22.5 Å². The molecule has 42 heavy (non-hydrogen) atoms. The largest absolute Gasteiger partial charge is 0.494 e. The Kier molecular flexibility index (Phi) is 8.46. The van der Waals surface area contributed by atoms with Gasteiger partial charge in [-0.3, -0.25) is 9.69 Å². The Bertz CT molecular complexity index is 1530. The van der Waals surface area contributed by atoms with Crippen molar-refractivity contribution in [3.63, 3.8) is 0 Å². The molecule has 0 unspecified atom stereocenters. The number of rotatable bonds is 9. The number of fused-ring (bicyclic) bond motifs is 1. The molecule has 1 N–H and O–H groups in total. The van der Waals surface area contributed by atoms with E-state index in [1.807, 2.05) is 0 Å². The molecular formula is C31H40BN3O5S2. The third kappa shape index (κ3) is 6.21.